The van der Waals surface area contributed by atoms with Gasteiger partial charge >= 0.3 is 18.1 Å². The van der Waals surface area contributed by atoms with Crippen molar-refractivity contribution in [1.29, 1.82) is 0 Å². The van der Waals surface area contributed by atoms with Gasteiger partial charge in [-0.25, -0.2) is 9.48 Å². The second-order valence-electron chi connectivity index (χ2n) is 4.61. The van der Waals surface area contributed by atoms with Gasteiger partial charge in [0.2, 0.25) is 5.58 Å². The molecule has 0 unspecified atom stereocenters. The molecule has 0 aliphatic carbocycles. The minimum atomic E-state index is -3.12. The summed E-state index contributed by atoms with van der Waals surface area (Å²) < 4.78 is 35.8. The third-order valence-electron chi connectivity index (χ3n) is 3.34. The molecule has 3 rings (SSSR count). The number of carbonyl (C=O) groups is 1. The van der Waals surface area contributed by atoms with E-state index in [1.807, 2.05) is 0 Å². The van der Waals surface area contributed by atoms with Crippen molar-refractivity contribution in [3.63, 3.8) is 0 Å². The molecule has 0 atom stereocenters. The molecule has 0 spiro atoms. The van der Waals surface area contributed by atoms with E-state index in [0.29, 0.717) is 0 Å². The van der Waals surface area contributed by atoms with Crippen LogP contribution in [0.25, 0.3) is 21.9 Å². The minimum absolute atomic E-state index is 0.00139. The van der Waals surface area contributed by atoms with Crippen LogP contribution in [0, 0.1) is 0 Å². The number of carboxylic acids is 1. The second-order valence-corrected chi connectivity index (χ2v) is 4.61. The smallest absolute Gasteiger partial charge is 0.387 e. The van der Waals surface area contributed by atoms with Crippen molar-refractivity contribution < 1.29 is 27.8 Å². The fraction of sp³-hybridized carbons (Fsp3) is 0.214. The third kappa shape index (κ3) is 2.30. The van der Waals surface area contributed by atoms with Crippen LogP contribution in [0.4, 0.5) is 8.78 Å². The number of hydrogen-bond acceptors (Lipinski definition) is 5. The van der Waals surface area contributed by atoms with E-state index in [1.54, 1.807) is 6.92 Å². The van der Waals surface area contributed by atoms with E-state index in [1.165, 1.54) is 6.20 Å². The Balaban J connectivity index is 2.46. The first-order chi connectivity index (χ1) is 10.9. The number of benzene rings is 1. The van der Waals surface area contributed by atoms with Gasteiger partial charge in [0.25, 0.3) is 0 Å². The van der Waals surface area contributed by atoms with Gasteiger partial charge in [-0.15, -0.1) is 0 Å². The molecule has 0 amide bonds. The zero-order valence-corrected chi connectivity index (χ0v) is 11.7. The summed E-state index contributed by atoms with van der Waals surface area (Å²) in [6, 6.07) is 2.18. The van der Waals surface area contributed by atoms with Crippen LogP contribution in [-0.2, 0) is 6.54 Å². The number of fused-ring (bicyclic) bond motifs is 3. The van der Waals surface area contributed by atoms with Gasteiger partial charge in [0.05, 0.1) is 17.1 Å². The van der Waals surface area contributed by atoms with Crippen molar-refractivity contribution in [1.82, 2.24) is 9.78 Å². The summed E-state index contributed by atoms with van der Waals surface area (Å²) in [4.78, 5) is 23.6. The van der Waals surface area contributed by atoms with E-state index in [-0.39, 0.29) is 39.8 Å². The van der Waals surface area contributed by atoms with Crippen molar-refractivity contribution in [2.45, 2.75) is 20.1 Å². The average Bonchev–Trinajstić information content (AvgIpc) is 2.88. The van der Waals surface area contributed by atoms with Crippen molar-refractivity contribution in [2.75, 3.05) is 0 Å². The van der Waals surface area contributed by atoms with Crippen molar-refractivity contribution in [3.8, 4) is 5.75 Å². The maximum Gasteiger partial charge on any atom is 0.387 e. The molecule has 2 heterocycles. The molecular formula is C14H10F2N2O5. The molecule has 2 aromatic heterocycles. The predicted molar refractivity (Wildman–Crippen MR) is 75.0 cm³/mol. The number of aromatic carboxylic acids is 1. The summed E-state index contributed by atoms with van der Waals surface area (Å²) in [7, 11) is 0. The van der Waals surface area contributed by atoms with Crippen LogP contribution in [0.5, 0.6) is 5.75 Å². The molecule has 0 bridgehead atoms. The van der Waals surface area contributed by atoms with Crippen LogP contribution in [-0.4, -0.2) is 27.5 Å². The molecule has 120 valence electrons. The zero-order chi connectivity index (χ0) is 16.7. The summed E-state index contributed by atoms with van der Waals surface area (Å²) in [5, 5.41) is 13.3. The highest BCUT2D eigenvalue weighted by Crippen LogP contribution is 2.36. The van der Waals surface area contributed by atoms with Crippen molar-refractivity contribution in [2.24, 2.45) is 0 Å². The Hall–Kier alpha value is -2.97. The van der Waals surface area contributed by atoms with Gasteiger partial charge in [0, 0.05) is 11.9 Å². The fourth-order valence-electron chi connectivity index (χ4n) is 2.37. The number of aryl methyl sites for hydroxylation is 1. The topological polar surface area (TPSA) is 94.6 Å². The maximum atomic E-state index is 12.5. The zero-order valence-electron chi connectivity index (χ0n) is 11.7. The van der Waals surface area contributed by atoms with Crippen LogP contribution in [0.3, 0.4) is 0 Å². The lowest BCUT2D eigenvalue weighted by Crippen LogP contribution is -2.20. The molecule has 9 heteroatoms. The number of carboxylic acid groups (broad SMARTS) is 1. The lowest BCUT2D eigenvalue weighted by atomic mass is 10.1. The van der Waals surface area contributed by atoms with Crippen LogP contribution in [0.1, 0.15) is 17.3 Å². The summed E-state index contributed by atoms with van der Waals surface area (Å²) in [6.45, 7) is -1.15. The van der Waals surface area contributed by atoms with E-state index < -0.39 is 18.1 Å². The van der Waals surface area contributed by atoms with Gasteiger partial charge < -0.3 is 14.3 Å². The normalized spacial score (nSPS) is 11.5. The molecule has 7 nitrogen and oxygen atoms in total. The number of furan rings is 1. The second kappa shape index (κ2) is 5.34. The third-order valence-corrected chi connectivity index (χ3v) is 3.34. The van der Waals surface area contributed by atoms with Gasteiger partial charge in [-0.3, -0.25) is 4.79 Å². The summed E-state index contributed by atoms with van der Waals surface area (Å²) in [5.41, 5.74) is -1.17. The number of nitrogens with zero attached hydrogens (tertiary/aromatic N) is 2. The molecule has 3 aromatic rings. The SMILES string of the molecule is CCn1ncc2c(oc3c(OC(F)F)ccc(C(=O)O)c32)c1=O. The standard InChI is InChI=1S/C14H10F2N2O5/c1-2-18-12(19)10-7(5-17-18)9-6(13(20)21)3-4-8(11(9)23-10)22-14(15)16/h3-5,14H,2H2,1H3,(H,20,21). The Morgan fingerprint density at radius 3 is 2.78 bits per heavy atom. The molecule has 0 fully saturated rings. The molecule has 23 heavy (non-hydrogen) atoms. The van der Waals surface area contributed by atoms with E-state index in [0.717, 1.165) is 16.8 Å². The number of rotatable bonds is 4. The van der Waals surface area contributed by atoms with Crippen molar-refractivity contribution in [3.05, 3.63) is 34.2 Å². The molecule has 0 radical (unpaired) electrons. The lowest BCUT2D eigenvalue weighted by Gasteiger charge is -2.05. The number of hydrogen-bond donors (Lipinski definition) is 1. The van der Waals surface area contributed by atoms with Crippen LogP contribution in [0.15, 0.2) is 27.5 Å². The summed E-state index contributed by atoms with van der Waals surface area (Å²) in [5.74, 6) is -1.64. The molecule has 0 saturated heterocycles. The molecular weight excluding hydrogens is 314 g/mol. The first kappa shape index (κ1) is 14.9. The Morgan fingerprint density at radius 2 is 2.17 bits per heavy atom. The van der Waals surface area contributed by atoms with E-state index in [4.69, 9.17) is 4.42 Å². The summed E-state index contributed by atoms with van der Waals surface area (Å²) >= 11 is 0. The first-order valence-electron chi connectivity index (χ1n) is 6.57. The molecule has 0 aliphatic rings. The number of alkyl halides is 2. The first-order valence-corrected chi connectivity index (χ1v) is 6.57. The maximum absolute atomic E-state index is 12.5. The van der Waals surface area contributed by atoms with Crippen LogP contribution in [0.2, 0.25) is 0 Å². The van der Waals surface area contributed by atoms with Gasteiger partial charge in [-0.2, -0.15) is 13.9 Å². The van der Waals surface area contributed by atoms with Gasteiger partial charge in [-0.05, 0) is 19.1 Å². The van der Waals surface area contributed by atoms with Crippen molar-refractivity contribution >= 4 is 27.9 Å². The van der Waals surface area contributed by atoms with E-state index in [9.17, 15) is 23.5 Å². The quantitative estimate of drug-likeness (QED) is 0.792. The highest BCUT2D eigenvalue weighted by Gasteiger charge is 2.23. The molecule has 0 saturated carbocycles. The number of ether oxygens (including phenoxy) is 1. The Bertz CT molecular complexity index is 977. The molecule has 1 aromatic carbocycles. The van der Waals surface area contributed by atoms with Crippen LogP contribution < -0.4 is 10.3 Å². The fourth-order valence-corrected chi connectivity index (χ4v) is 2.37. The Labute approximate surface area is 126 Å². The minimum Gasteiger partial charge on any atom is -0.478 e. The Morgan fingerprint density at radius 1 is 1.43 bits per heavy atom. The monoisotopic (exact) mass is 324 g/mol. The lowest BCUT2D eigenvalue weighted by molar-refractivity contribution is -0.0493. The largest absolute Gasteiger partial charge is 0.478 e. The Kier molecular flexibility index (Phi) is 3.47. The van der Waals surface area contributed by atoms with Gasteiger partial charge in [-0.1, -0.05) is 0 Å². The highest BCUT2D eigenvalue weighted by atomic mass is 19.3. The number of aromatic nitrogens is 2. The summed E-state index contributed by atoms with van der Waals surface area (Å²) in [6.07, 6.45) is 1.27. The predicted octanol–water partition coefficient (Wildman–Crippen LogP) is 2.46. The molecule has 0 aliphatic heterocycles. The average molecular weight is 324 g/mol. The number of halogens is 2. The van der Waals surface area contributed by atoms with E-state index in [2.05, 4.69) is 9.84 Å². The van der Waals surface area contributed by atoms with Gasteiger partial charge in [0.15, 0.2) is 11.3 Å². The molecule has 1 N–H and O–H groups in total. The van der Waals surface area contributed by atoms with E-state index >= 15 is 0 Å². The highest BCUT2D eigenvalue weighted by molar-refractivity contribution is 6.15. The van der Waals surface area contributed by atoms with Gasteiger partial charge in [0.1, 0.15) is 0 Å². The van der Waals surface area contributed by atoms with Crippen LogP contribution >= 0.6 is 0 Å².